The first-order valence-corrected chi connectivity index (χ1v) is 5.79. The summed E-state index contributed by atoms with van der Waals surface area (Å²) in [5, 5.41) is 0. The molecule has 0 saturated carbocycles. The zero-order chi connectivity index (χ0) is 13.1. The summed E-state index contributed by atoms with van der Waals surface area (Å²) in [5.41, 5.74) is 0.137. The van der Waals surface area contributed by atoms with Crippen LogP contribution >= 0.6 is 0 Å². The van der Waals surface area contributed by atoms with Crippen molar-refractivity contribution in [2.24, 2.45) is 0 Å². The Morgan fingerprint density at radius 1 is 1.44 bits per heavy atom. The Morgan fingerprint density at radius 2 is 2.17 bits per heavy atom. The van der Waals surface area contributed by atoms with E-state index in [1.807, 2.05) is 0 Å². The van der Waals surface area contributed by atoms with E-state index in [9.17, 15) is 14.0 Å². The van der Waals surface area contributed by atoms with Gasteiger partial charge in [0.25, 0.3) is 0 Å². The number of carbonyl (C=O) groups is 2. The molecule has 18 heavy (non-hydrogen) atoms. The van der Waals surface area contributed by atoms with E-state index >= 15 is 0 Å². The van der Waals surface area contributed by atoms with Crippen LogP contribution in [-0.4, -0.2) is 25.0 Å². The molecule has 1 aromatic rings. The predicted molar refractivity (Wildman–Crippen MR) is 63.5 cm³/mol. The summed E-state index contributed by atoms with van der Waals surface area (Å²) in [7, 11) is 1.26. The minimum Gasteiger partial charge on any atom is -0.467 e. The molecule has 4 nitrogen and oxygen atoms in total. The Labute approximate surface area is 104 Å². The standard InChI is InChI=1S/C13H14FNO3/c1-18-13(17)11-7-4-8-12(16)15(11)10-6-3-2-5-9(10)14/h2-3,5-6,11H,4,7-8H2,1H3. The van der Waals surface area contributed by atoms with Crippen molar-refractivity contribution in [3.05, 3.63) is 30.1 Å². The molecule has 0 spiro atoms. The number of nitrogens with zero attached hydrogens (tertiary/aromatic N) is 1. The third-order valence-electron chi connectivity index (χ3n) is 3.03. The van der Waals surface area contributed by atoms with Crippen LogP contribution in [0, 0.1) is 5.82 Å². The van der Waals surface area contributed by atoms with Gasteiger partial charge in [0.1, 0.15) is 11.9 Å². The summed E-state index contributed by atoms with van der Waals surface area (Å²) in [6.07, 6.45) is 1.43. The monoisotopic (exact) mass is 251 g/mol. The normalized spacial score (nSPS) is 19.8. The van der Waals surface area contributed by atoms with Crippen LogP contribution in [0.2, 0.25) is 0 Å². The number of ether oxygens (including phenoxy) is 1. The lowest BCUT2D eigenvalue weighted by molar-refractivity contribution is -0.144. The van der Waals surface area contributed by atoms with E-state index < -0.39 is 17.8 Å². The van der Waals surface area contributed by atoms with Gasteiger partial charge in [0.2, 0.25) is 5.91 Å². The van der Waals surface area contributed by atoms with Crippen molar-refractivity contribution in [1.29, 1.82) is 0 Å². The lowest BCUT2D eigenvalue weighted by atomic mass is 10.0. The van der Waals surface area contributed by atoms with Crippen molar-refractivity contribution in [3.63, 3.8) is 0 Å². The van der Waals surface area contributed by atoms with Gasteiger partial charge < -0.3 is 4.74 Å². The van der Waals surface area contributed by atoms with E-state index in [4.69, 9.17) is 0 Å². The number of benzene rings is 1. The molecule has 0 N–H and O–H groups in total. The largest absolute Gasteiger partial charge is 0.467 e. The lowest BCUT2D eigenvalue weighted by Crippen LogP contribution is -2.49. The Hall–Kier alpha value is -1.91. The Bertz CT molecular complexity index is 475. The molecular formula is C13H14FNO3. The smallest absolute Gasteiger partial charge is 0.328 e. The number of methoxy groups -OCH3 is 1. The Kier molecular flexibility index (Phi) is 3.60. The molecule has 1 fully saturated rings. The van der Waals surface area contributed by atoms with Gasteiger partial charge in [0, 0.05) is 6.42 Å². The van der Waals surface area contributed by atoms with Crippen LogP contribution in [0.25, 0.3) is 0 Å². The third kappa shape index (κ3) is 2.20. The average molecular weight is 251 g/mol. The number of hydrogen-bond acceptors (Lipinski definition) is 3. The summed E-state index contributed by atoms with van der Waals surface area (Å²) in [5.74, 6) is -1.27. The number of piperidine rings is 1. The van der Waals surface area contributed by atoms with Crippen molar-refractivity contribution in [2.45, 2.75) is 25.3 Å². The Balaban J connectivity index is 2.39. The third-order valence-corrected chi connectivity index (χ3v) is 3.03. The maximum absolute atomic E-state index is 13.7. The first-order chi connectivity index (χ1) is 8.65. The highest BCUT2D eigenvalue weighted by Gasteiger charge is 2.36. The quantitative estimate of drug-likeness (QED) is 0.754. The maximum Gasteiger partial charge on any atom is 0.328 e. The number of para-hydroxylation sites is 1. The zero-order valence-electron chi connectivity index (χ0n) is 10.1. The number of halogens is 1. The molecule has 1 aliphatic rings. The number of carbonyl (C=O) groups excluding carboxylic acids is 2. The Morgan fingerprint density at radius 3 is 2.83 bits per heavy atom. The molecule has 5 heteroatoms. The van der Waals surface area contributed by atoms with Crippen LogP contribution in [0.1, 0.15) is 19.3 Å². The highest BCUT2D eigenvalue weighted by Crippen LogP contribution is 2.28. The second kappa shape index (κ2) is 5.16. The van der Waals surface area contributed by atoms with Gasteiger partial charge in [-0.05, 0) is 25.0 Å². The van der Waals surface area contributed by atoms with E-state index in [-0.39, 0.29) is 11.6 Å². The van der Waals surface area contributed by atoms with Crippen LogP contribution in [0.5, 0.6) is 0 Å². The van der Waals surface area contributed by atoms with E-state index in [2.05, 4.69) is 4.74 Å². The van der Waals surface area contributed by atoms with Crippen LogP contribution < -0.4 is 4.90 Å². The highest BCUT2D eigenvalue weighted by atomic mass is 19.1. The lowest BCUT2D eigenvalue weighted by Gasteiger charge is -2.33. The molecule has 1 unspecified atom stereocenters. The minimum atomic E-state index is -0.729. The second-order valence-electron chi connectivity index (χ2n) is 4.15. The van der Waals surface area contributed by atoms with Gasteiger partial charge in [0.05, 0.1) is 12.8 Å². The fourth-order valence-electron chi connectivity index (χ4n) is 2.18. The van der Waals surface area contributed by atoms with Crippen molar-refractivity contribution in [3.8, 4) is 0 Å². The van der Waals surface area contributed by atoms with Gasteiger partial charge in [-0.15, -0.1) is 0 Å². The molecule has 1 aliphatic heterocycles. The highest BCUT2D eigenvalue weighted by molar-refractivity contribution is 6.00. The molecule has 1 aromatic carbocycles. The summed E-state index contributed by atoms with van der Waals surface area (Å²) < 4.78 is 18.4. The van der Waals surface area contributed by atoms with E-state index in [0.717, 1.165) is 0 Å². The molecule has 2 rings (SSSR count). The molecule has 0 aliphatic carbocycles. The minimum absolute atomic E-state index is 0.137. The summed E-state index contributed by atoms with van der Waals surface area (Å²) in [4.78, 5) is 24.8. The summed E-state index contributed by atoms with van der Waals surface area (Å²) in [6, 6.07) is 5.21. The summed E-state index contributed by atoms with van der Waals surface area (Å²) in [6.45, 7) is 0. The number of hydrogen-bond donors (Lipinski definition) is 0. The zero-order valence-corrected chi connectivity index (χ0v) is 10.1. The fraction of sp³-hybridized carbons (Fsp3) is 0.385. The van der Waals surface area contributed by atoms with E-state index in [0.29, 0.717) is 19.3 Å². The molecule has 96 valence electrons. The van der Waals surface area contributed by atoms with Crippen LogP contribution in [0.3, 0.4) is 0 Å². The van der Waals surface area contributed by atoms with E-state index in [1.54, 1.807) is 12.1 Å². The molecule has 1 heterocycles. The molecule has 0 bridgehead atoms. The van der Waals surface area contributed by atoms with Gasteiger partial charge in [0.15, 0.2) is 0 Å². The predicted octanol–water partition coefficient (Wildman–Crippen LogP) is 1.88. The molecule has 0 radical (unpaired) electrons. The van der Waals surface area contributed by atoms with Gasteiger partial charge in [-0.2, -0.15) is 0 Å². The molecule has 0 aromatic heterocycles. The topological polar surface area (TPSA) is 46.6 Å². The van der Waals surface area contributed by atoms with Gasteiger partial charge >= 0.3 is 5.97 Å². The first-order valence-electron chi connectivity index (χ1n) is 5.79. The number of amides is 1. The number of esters is 1. The van der Waals surface area contributed by atoms with Crippen LogP contribution in [0.4, 0.5) is 10.1 Å². The van der Waals surface area contributed by atoms with Crippen molar-refractivity contribution in [1.82, 2.24) is 0 Å². The van der Waals surface area contributed by atoms with Crippen molar-refractivity contribution < 1.29 is 18.7 Å². The first kappa shape index (κ1) is 12.5. The molecular weight excluding hydrogens is 237 g/mol. The number of anilines is 1. The van der Waals surface area contributed by atoms with Gasteiger partial charge in [-0.1, -0.05) is 12.1 Å². The number of rotatable bonds is 2. The fourth-order valence-corrected chi connectivity index (χ4v) is 2.18. The average Bonchev–Trinajstić information content (AvgIpc) is 2.39. The van der Waals surface area contributed by atoms with E-state index in [1.165, 1.54) is 24.1 Å². The summed E-state index contributed by atoms with van der Waals surface area (Å²) >= 11 is 0. The van der Waals surface area contributed by atoms with Crippen molar-refractivity contribution >= 4 is 17.6 Å². The van der Waals surface area contributed by atoms with Gasteiger partial charge in [-0.25, -0.2) is 9.18 Å². The van der Waals surface area contributed by atoms with Crippen LogP contribution in [0.15, 0.2) is 24.3 Å². The van der Waals surface area contributed by atoms with Gasteiger partial charge in [-0.3, -0.25) is 9.69 Å². The SMILES string of the molecule is COC(=O)C1CCCC(=O)N1c1ccccc1F. The van der Waals surface area contributed by atoms with Crippen molar-refractivity contribution in [2.75, 3.05) is 12.0 Å². The maximum atomic E-state index is 13.7. The molecule has 1 atom stereocenters. The second-order valence-corrected chi connectivity index (χ2v) is 4.15. The molecule has 1 amide bonds. The van der Waals surface area contributed by atoms with Crippen LogP contribution in [-0.2, 0) is 14.3 Å². The molecule has 1 saturated heterocycles.